The number of fused-ring (bicyclic) bond motifs is 1. The first-order valence-corrected chi connectivity index (χ1v) is 4.10. The van der Waals surface area contributed by atoms with Gasteiger partial charge < -0.3 is 0 Å². The average Bonchev–Trinajstić information content (AvgIpc) is 2.30. The topological polar surface area (TPSA) is 17.1 Å². The standard InChI is InChI=1S/C10H12O/c1-6(2)9-7-4-3-5-8(7)10(9)11/h3-4,7-8H,5H2,1-2H3/t7-,8+/m0/s1. The van der Waals surface area contributed by atoms with E-state index in [9.17, 15) is 4.79 Å². The highest BCUT2D eigenvalue weighted by molar-refractivity contribution is 6.06. The molecule has 0 amide bonds. The van der Waals surface area contributed by atoms with Crippen LogP contribution in [0.25, 0.3) is 0 Å². The molecule has 2 aliphatic rings. The van der Waals surface area contributed by atoms with Gasteiger partial charge in [-0.05, 0) is 20.3 Å². The smallest absolute Gasteiger partial charge is 0.163 e. The number of carbonyl (C=O) groups is 1. The van der Waals surface area contributed by atoms with E-state index in [1.54, 1.807) is 0 Å². The van der Waals surface area contributed by atoms with E-state index < -0.39 is 0 Å². The molecule has 1 fully saturated rings. The van der Waals surface area contributed by atoms with E-state index in [0.717, 1.165) is 12.0 Å². The molecule has 1 nitrogen and oxygen atoms in total. The molecule has 0 heterocycles. The van der Waals surface area contributed by atoms with Crippen molar-refractivity contribution < 1.29 is 4.79 Å². The summed E-state index contributed by atoms with van der Waals surface area (Å²) in [6, 6.07) is 0. The molecule has 0 spiro atoms. The van der Waals surface area contributed by atoms with E-state index in [1.807, 2.05) is 13.8 Å². The summed E-state index contributed by atoms with van der Waals surface area (Å²) in [7, 11) is 0. The van der Waals surface area contributed by atoms with Crippen LogP contribution in [0.4, 0.5) is 0 Å². The van der Waals surface area contributed by atoms with Crippen LogP contribution in [0, 0.1) is 11.8 Å². The third-order valence-electron chi connectivity index (χ3n) is 2.64. The van der Waals surface area contributed by atoms with Crippen molar-refractivity contribution in [3.05, 3.63) is 23.3 Å². The summed E-state index contributed by atoms with van der Waals surface area (Å²) in [5, 5.41) is 0. The lowest BCUT2D eigenvalue weighted by atomic mass is 9.68. The fraction of sp³-hybridized carbons (Fsp3) is 0.500. The minimum atomic E-state index is 0.319. The Morgan fingerprint density at radius 1 is 1.55 bits per heavy atom. The Kier molecular flexibility index (Phi) is 1.28. The van der Waals surface area contributed by atoms with Gasteiger partial charge in [-0.2, -0.15) is 0 Å². The van der Waals surface area contributed by atoms with Gasteiger partial charge in [0.05, 0.1) is 0 Å². The van der Waals surface area contributed by atoms with Crippen molar-refractivity contribution in [1.29, 1.82) is 0 Å². The molecule has 0 radical (unpaired) electrons. The van der Waals surface area contributed by atoms with E-state index in [4.69, 9.17) is 0 Å². The van der Waals surface area contributed by atoms with Crippen LogP contribution in [-0.4, -0.2) is 5.78 Å². The van der Waals surface area contributed by atoms with Gasteiger partial charge in [-0.3, -0.25) is 4.79 Å². The Morgan fingerprint density at radius 2 is 2.27 bits per heavy atom. The molecule has 0 aromatic rings. The number of allylic oxidation sites excluding steroid dienone is 4. The maximum absolute atomic E-state index is 11.4. The van der Waals surface area contributed by atoms with Gasteiger partial charge in [0.1, 0.15) is 0 Å². The predicted molar refractivity (Wildman–Crippen MR) is 44.1 cm³/mol. The van der Waals surface area contributed by atoms with Crippen LogP contribution in [0.2, 0.25) is 0 Å². The second kappa shape index (κ2) is 2.07. The first-order chi connectivity index (χ1) is 5.22. The van der Waals surface area contributed by atoms with Crippen molar-refractivity contribution in [2.45, 2.75) is 20.3 Å². The van der Waals surface area contributed by atoms with E-state index in [1.165, 1.54) is 5.57 Å². The van der Waals surface area contributed by atoms with Gasteiger partial charge in [-0.25, -0.2) is 0 Å². The first kappa shape index (κ1) is 6.84. The fourth-order valence-electron chi connectivity index (χ4n) is 2.07. The van der Waals surface area contributed by atoms with Crippen LogP contribution in [0.15, 0.2) is 23.3 Å². The SMILES string of the molecule is CC(C)=C1C(=O)[C@@H]2CC=C[C@H]12. The van der Waals surface area contributed by atoms with Crippen molar-refractivity contribution in [2.75, 3.05) is 0 Å². The van der Waals surface area contributed by atoms with E-state index >= 15 is 0 Å². The van der Waals surface area contributed by atoms with Gasteiger partial charge in [0.2, 0.25) is 0 Å². The van der Waals surface area contributed by atoms with Gasteiger partial charge in [-0.1, -0.05) is 17.7 Å². The fourth-order valence-corrected chi connectivity index (χ4v) is 2.07. The van der Waals surface area contributed by atoms with Crippen LogP contribution < -0.4 is 0 Å². The second-order valence-electron chi connectivity index (χ2n) is 3.57. The monoisotopic (exact) mass is 148 g/mol. The van der Waals surface area contributed by atoms with Gasteiger partial charge in [0, 0.05) is 17.4 Å². The molecule has 0 aromatic carbocycles. The zero-order chi connectivity index (χ0) is 8.01. The lowest BCUT2D eigenvalue weighted by Gasteiger charge is -2.33. The highest BCUT2D eigenvalue weighted by Gasteiger charge is 2.45. The summed E-state index contributed by atoms with van der Waals surface area (Å²) in [6.45, 7) is 4.05. The molecule has 1 heteroatoms. The molecule has 0 bridgehead atoms. The van der Waals surface area contributed by atoms with Gasteiger partial charge >= 0.3 is 0 Å². The highest BCUT2D eigenvalue weighted by Crippen LogP contribution is 2.45. The molecule has 1 saturated carbocycles. The lowest BCUT2D eigenvalue weighted by molar-refractivity contribution is -0.124. The molecular weight excluding hydrogens is 136 g/mol. The molecule has 0 aliphatic heterocycles. The first-order valence-electron chi connectivity index (χ1n) is 4.10. The van der Waals surface area contributed by atoms with Crippen LogP contribution >= 0.6 is 0 Å². The van der Waals surface area contributed by atoms with Crippen molar-refractivity contribution in [3.63, 3.8) is 0 Å². The van der Waals surface area contributed by atoms with Crippen molar-refractivity contribution >= 4 is 5.78 Å². The summed E-state index contributed by atoms with van der Waals surface area (Å²) in [5.41, 5.74) is 2.27. The molecule has 2 rings (SSSR count). The summed E-state index contributed by atoms with van der Waals surface area (Å²) in [6.07, 6.45) is 5.28. The normalized spacial score (nSPS) is 33.6. The summed E-state index contributed by atoms with van der Waals surface area (Å²) >= 11 is 0. The predicted octanol–water partition coefficient (Wildman–Crippen LogP) is 2.10. The molecule has 0 N–H and O–H groups in total. The van der Waals surface area contributed by atoms with Crippen molar-refractivity contribution in [1.82, 2.24) is 0 Å². The molecule has 2 aliphatic carbocycles. The number of hydrogen-bond donors (Lipinski definition) is 0. The number of carbonyl (C=O) groups excluding carboxylic acids is 1. The van der Waals surface area contributed by atoms with Crippen molar-refractivity contribution in [2.24, 2.45) is 11.8 Å². The Labute approximate surface area is 66.8 Å². The van der Waals surface area contributed by atoms with Crippen LogP contribution in [-0.2, 0) is 4.79 Å². The van der Waals surface area contributed by atoms with E-state index in [-0.39, 0.29) is 0 Å². The van der Waals surface area contributed by atoms with Crippen molar-refractivity contribution in [3.8, 4) is 0 Å². The molecule has 11 heavy (non-hydrogen) atoms. The number of Topliss-reactive ketones (excluding diaryl/α,β-unsaturated/α-hetero) is 1. The molecular formula is C10H12O. The highest BCUT2D eigenvalue weighted by atomic mass is 16.1. The quantitative estimate of drug-likeness (QED) is 0.380. The second-order valence-corrected chi connectivity index (χ2v) is 3.57. The number of rotatable bonds is 0. The molecule has 2 atom stereocenters. The third kappa shape index (κ3) is 0.740. The Hall–Kier alpha value is -0.850. The van der Waals surface area contributed by atoms with Crippen LogP contribution in [0.5, 0.6) is 0 Å². The summed E-state index contributed by atoms with van der Waals surface area (Å²) in [4.78, 5) is 11.4. The molecule has 58 valence electrons. The maximum Gasteiger partial charge on any atom is 0.163 e. The lowest BCUT2D eigenvalue weighted by Crippen LogP contribution is -2.37. The van der Waals surface area contributed by atoms with Gasteiger partial charge in [-0.15, -0.1) is 0 Å². The molecule has 0 aromatic heterocycles. The Morgan fingerprint density at radius 3 is 2.91 bits per heavy atom. The zero-order valence-electron chi connectivity index (χ0n) is 6.92. The Bertz CT molecular complexity index is 267. The van der Waals surface area contributed by atoms with Crippen LogP contribution in [0.3, 0.4) is 0 Å². The average molecular weight is 148 g/mol. The maximum atomic E-state index is 11.4. The summed E-state index contributed by atoms with van der Waals surface area (Å²) < 4.78 is 0. The minimum Gasteiger partial charge on any atom is -0.294 e. The third-order valence-corrected chi connectivity index (χ3v) is 2.64. The van der Waals surface area contributed by atoms with E-state index in [2.05, 4.69) is 12.2 Å². The van der Waals surface area contributed by atoms with Gasteiger partial charge in [0.15, 0.2) is 5.78 Å². The van der Waals surface area contributed by atoms with E-state index in [0.29, 0.717) is 17.6 Å². The Balaban J connectivity index is 2.34. The largest absolute Gasteiger partial charge is 0.294 e. The minimum absolute atomic E-state index is 0.319. The van der Waals surface area contributed by atoms with Crippen LogP contribution in [0.1, 0.15) is 20.3 Å². The molecule has 0 unspecified atom stereocenters. The summed E-state index contributed by atoms with van der Waals surface area (Å²) in [5.74, 6) is 1.19. The zero-order valence-corrected chi connectivity index (χ0v) is 6.92. The van der Waals surface area contributed by atoms with Gasteiger partial charge in [0.25, 0.3) is 0 Å². The molecule has 0 saturated heterocycles. The number of hydrogen-bond acceptors (Lipinski definition) is 1. The number of ketones is 1.